The maximum Gasteiger partial charge on any atom is 0.321 e. The van der Waals surface area contributed by atoms with Crippen molar-refractivity contribution >= 4 is 11.7 Å². The number of amides is 2. The number of nitrogens with zero attached hydrogens (tertiary/aromatic N) is 3. The van der Waals surface area contributed by atoms with E-state index in [0.29, 0.717) is 12.6 Å². The third-order valence-electron chi connectivity index (χ3n) is 6.42. The first-order valence-electron chi connectivity index (χ1n) is 11.5. The Morgan fingerprint density at radius 3 is 2.48 bits per heavy atom. The van der Waals surface area contributed by atoms with Gasteiger partial charge in [0.05, 0.1) is 0 Å². The van der Waals surface area contributed by atoms with E-state index >= 15 is 0 Å². The molecule has 0 radical (unpaired) electrons. The standard InChI is InChI=1S/C25H34N4O2/c30-18-12-24-20-27(16-17-28(24)14-4-7-21-5-2-1-3-6-21)19-22-8-10-23(11-9-22)29-15-13-26-25(29)31/h1-3,5-6,8-11,24,30H,4,7,12-20H2,(H,26,31)/t24-/m1/s1. The van der Waals surface area contributed by atoms with Crippen molar-refractivity contribution in [1.82, 2.24) is 15.1 Å². The summed E-state index contributed by atoms with van der Waals surface area (Å²) in [4.78, 5) is 18.7. The second-order valence-electron chi connectivity index (χ2n) is 8.58. The average molecular weight is 423 g/mol. The van der Waals surface area contributed by atoms with E-state index in [9.17, 15) is 9.90 Å². The smallest absolute Gasteiger partial charge is 0.321 e. The van der Waals surface area contributed by atoms with Gasteiger partial charge in [-0.05, 0) is 49.1 Å². The summed E-state index contributed by atoms with van der Waals surface area (Å²) in [7, 11) is 0. The molecule has 2 amide bonds. The number of rotatable bonds is 9. The van der Waals surface area contributed by atoms with Gasteiger partial charge in [0, 0.05) is 57.6 Å². The van der Waals surface area contributed by atoms with Crippen LogP contribution in [-0.2, 0) is 13.0 Å². The second kappa shape index (κ2) is 10.8. The van der Waals surface area contributed by atoms with Crippen molar-refractivity contribution in [2.24, 2.45) is 0 Å². The molecule has 2 aliphatic rings. The van der Waals surface area contributed by atoms with Crippen molar-refractivity contribution in [3.05, 3.63) is 65.7 Å². The highest BCUT2D eigenvalue weighted by Gasteiger charge is 2.26. The van der Waals surface area contributed by atoms with E-state index in [1.807, 2.05) is 12.1 Å². The number of nitrogens with one attached hydrogen (secondary N) is 1. The molecule has 2 N–H and O–H groups in total. The molecule has 2 aromatic rings. The largest absolute Gasteiger partial charge is 0.396 e. The van der Waals surface area contributed by atoms with Gasteiger partial charge in [-0.15, -0.1) is 0 Å². The maximum atomic E-state index is 11.8. The van der Waals surface area contributed by atoms with E-state index < -0.39 is 0 Å². The molecular formula is C25H34N4O2. The summed E-state index contributed by atoms with van der Waals surface area (Å²) in [6.07, 6.45) is 3.08. The third-order valence-corrected chi connectivity index (χ3v) is 6.42. The summed E-state index contributed by atoms with van der Waals surface area (Å²) >= 11 is 0. The monoisotopic (exact) mass is 422 g/mol. The number of aryl methyl sites for hydroxylation is 1. The van der Waals surface area contributed by atoms with Crippen molar-refractivity contribution in [1.29, 1.82) is 0 Å². The fourth-order valence-electron chi connectivity index (χ4n) is 4.71. The number of carbonyl (C=O) groups excluding carboxylic acids is 1. The van der Waals surface area contributed by atoms with Crippen molar-refractivity contribution < 1.29 is 9.90 Å². The van der Waals surface area contributed by atoms with Crippen LogP contribution in [0, 0.1) is 0 Å². The number of aliphatic hydroxyl groups excluding tert-OH is 1. The molecule has 166 valence electrons. The Hall–Kier alpha value is -2.41. The number of carbonyl (C=O) groups is 1. The first kappa shape index (κ1) is 21.8. The van der Waals surface area contributed by atoms with E-state index in [1.54, 1.807) is 4.90 Å². The third kappa shape index (κ3) is 5.85. The Morgan fingerprint density at radius 1 is 0.968 bits per heavy atom. The lowest BCUT2D eigenvalue weighted by molar-refractivity contribution is 0.0547. The summed E-state index contributed by atoms with van der Waals surface area (Å²) < 4.78 is 0. The van der Waals surface area contributed by atoms with E-state index in [1.165, 1.54) is 11.1 Å². The van der Waals surface area contributed by atoms with Crippen LogP contribution in [0.2, 0.25) is 0 Å². The molecule has 2 fully saturated rings. The number of urea groups is 1. The molecule has 2 saturated heterocycles. The Labute approximate surface area is 185 Å². The highest BCUT2D eigenvalue weighted by Crippen LogP contribution is 2.20. The van der Waals surface area contributed by atoms with Crippen LogP contribution >= 0.6 is 0 Å². The number of hydrogen-bond donors (Lipinski definition) is 2. The van der Waals surface area contributed by atoms with Crippen molar-refractivity contribution in [2.45, 2.75) is 31.8 Å². The molecule has 2 aromatic carbocycles. The van der Waals surface area contributed by atoms with Gasteiger partial charge >= 0.3 is 6.03 Å². The quantitative estimate of drug-likeness (QED) is 0.652. The molecule has 0 spiro atoms. The Balaban J connectivity index is 1.28. The van der Waals surface area contributed by atoms with Crippen LogP contribution in [0.15, 0.2) is 54.6 Å². The maximum absolute atomic E-state index is 11.8. The number of anilines is 1. The highest BCUT2D eigenvalue weighted by molar-refractivity contribution is 5.93. The van der Waals surface area contributed by atoms with E-state index in [0.717, 1.165) is 64.2 Å². The van der Waals surface area contributed by atoms with Gasteiger partial charge < -0.3 is 10.4 Å². The predicted octanol–water partition coefficient (Wildman–Crippen LogP) is 2.72. The molecule has 6 nitrogen and oxygen atoms in total. The minimum atomic E-state index is -0.0111. The Morgan fingerprint density at radius 2 is 1.77 bits per heavy atom. The van der Waals surface area contributed by atoms with Crippen LogP contribution in [0.3, 0.4) is 0 Å². The molecule has 6 heteroatoms. The zero-order valence-corrected chi connectivity index (χ0v) is 18.2. The number of benzene rings is 2. The SMILES string of the molecule is O=C1NCCN1c1ccc(CN2CCN(CCCc3ccccc3)[C@H](CCO)C2)cc1. The minimum absolute atomic E-state index is 0.0111. The van der Waals surface area contributed by atoms with Crippen molar-refractivity contribution in [2.75, 3.05) is 50.8 Å². The fraction of sp³-hybridized carbons (Fsp3) is 0.480. The lowest BCUT2D eigenvalue weighted by Crippen LogP contribution is -2.53. The molecule has 0 saturated carbocycles. The van der Waals surface area contributed by atoms with Gasteiger partial charge in [-0.1, -0.05) is 42.5 Å². The topological polar surface area (TPSA) is 59.1 Å². The summed E-state index contributed by atoms with van der Waals surface area (Å²) in [5.74, 6) is 0. The first-order chi connectivity index (χ1) is 15.2. The predicted molar refractivity (Wildman–Crippen MR) is 124 cm³/mol. The molecule has 1 atom stereocenters. The van der Waals surface area contributed by atoms with Gasteiger partial charge in [0.25, 0.3) is 0 Å². The molecule has 0 bridgehead atoms. The van der Waals surface area contributed by atoms with Gasteiger partial charge in [-0.3, -0.25) is 14.7 Å². The van der Waals surface area contributed by atoms with Crippen LogP contribution in [0.4, 0.5) is 10.5 Å². The lowest BCUT2D eigenvalue weighted by Gasteiger charge is -2.41. The number of aliphatic hydroxyl groups is 1. The van der Waals surface area contributed by atoms with Crippen LogP contribution < -0.4 is 10.2 Å². The zero-order valence-electron chi connectivity index (χ0n) is 18.2. The normalized spacial score (nSPS) is 20.2. The fourth-order valence-corrected chi connectivity index (χ4v) is 4.71. The molecule has 2 heterocycles. The van der Waals surface area contributed by atoms with Crippen molar-refractivity contribution in [3.8, 4) is 0 Å². The number of hydrogen-bond acceptors (Lipinski definition) is 4. The van der Waals surface area contributed by atoms with Crippen LogP contribution in [0.1, 0.15) is 24.0 Å². The van der Waals surface area contributed by atoms with Gasteiger partial charge in [-0.2, -0.15) is 0 Å². The van der Waals surface area contributed by atoms with Gasteiger partial charge in [0.2, 0.25) is 0 Å². The molecule has 31 heavy (non-hydrogen) atoms. The Kier molecular flexibility index (Phi) is 7.57. The summed E-state index contributed by atoms with van der Waals surface area (Å²) in [6, 6.07) is 19.4. The second-order valence-corrected chi connectivity index (χ2v) is 8.58. The van der Waals surface area contributed by atoms with E-state index in [4.69, 9.17) is 0 Å². The summed E-state index contributed by atoms with van der Waals surface area (Å²) in [6.45, 7) is 6.75. The lowest BCUT2D eigenvalue weighted by atomic mass is 10.1. The van der Waals surface area contributed by atoms with Gasteiger partial charge in [0.15, 0.2) is 0 Å². The number of piperazine rings is 1. The summed E-state index contributed by atoms with van der Waals surface area (Å²) in [5.41, 5.74) is 3.62. The highest BCUT2D eigenvalue weighted by atomic mass is 16.3. The molecule has 4 rings (SSSR count). The molecule has 0 aromatic heterocycles. The molecule has 0 aliphatic carbocycles. The molecular weight excluding hydrogens is 388 g/mol. The van der Waals surface area contributed by atoms with Gasteiger partial charge in [-0.25, -0.2) is 4.79 Å². The van der Waals surface area contributed by atoms with Crippen LogP contribution in [-0.4, -0.2) is 72.9 Å². The van der Waals surface area contributed by atoms with Crippen LogP contribution in [0.5, 0.6) is 0 Å². The minimum Gasteiger partial charge on any atom is -0.396 e. The van der Waals surface area contributed by atoms with Crippen molar-refractivity contribution in [3.63, 3.8) is 0 Å². The average Bonchev–Trinajstić information content (AvgIpc) is 3.22. The van der Waals surface area contributed by atoms with E-state index in [-0.39, 0.29) is 12.6 Å². The molecule has 0 unspecified atom stereocenters. The molecule has 2 aliphatic heterocycles. The zero-order chi connectivity index (χ0) is 21.5. The van der Waals surface area contributed by atoms with Gasteiger partial charge in [0.1, 0.15) is 0 Å². The Bertz CT molecular complexity index is 827. The summed E-state index contributed by atoms with van der Waals surface area (Å²) in [5, 5.41) is 12.4. The first-order valence-corrected chi connectivity index (χ1v) is 11.5. The van der Waals surface area contributed by atoms with E-state index in [2.05, 4.69) is 57.6 Å². The van der Waals surface area contributed by atoms with Crippen LogP contribution in [0.25, 0.3) is 0 Å².